The van der Waals surface area contributed by atoms with Crippen molar-refractivity contribution in [1.82, 2.24) is 20.4 Å². The van der Waals surface area contributed by atoms with Crippen LogP contribution in [0.1, 0.15) is 7.32 Å². The molecule has 23 heavy (non-hydrogen) atoms. The summed E-state index contributed by atoms with van der Waals surface area (Å²) in [6.07, 6.45) is 2.86. The van der Waals surface area contributed by atoms with Crippen LogP contribution in [0.5, 0.6) is 0 Å². The fraction of sp³-hybridized carbons (Fsp3) is 0.0714. The molecule has 0 amide bonds. The van der Waals surface area contributed by atoms with Crippen molar-refractivity contribution in [2.75, 3.05) is 0 Å². The summed E-state index contributed by atoms with van der Waals surface area (Å²) in [6.45, 7) is 0. The number of carboxylic acid groups (broad SMARTS) is 1. The summed E-state index contributed by atoms with van der Waals surface area (Å²) < 4.78 is 5.34. The van der Waals surface area contributed by atoms with Crippen molar-refractivity contribution in [2.45, 2.75) is 6.42 Å². The topological polar surface area (TPSA) is 102 Å². The minimum absolute atomic E-state index is 0. The van der Waals surface area contributed by atoms with Gasteiger partial charge < -0.3 is 11.0 Å². The van der Waals surface area contributed by atoms with Crippen molar-refractivity contribution in [3.8, 4) is 22.6 Å². The predicted molar refractivity (Wildman–Crippen MR) is 78.2 cm³/mol. The van der Waals surface area contributed by atoms with E-state index in [1.165, 1.54) is 0 Å². The van der Waals surface area contributed by atoms with Crippen LogP contribution in [0.15, 0.2) is 41.1 Å². The van der Waals surface area contributed by atoms with E-state index in [1.54, 1.807) is 36.7 Å². The quantitative estimate of drug-likeness (QED) is 0.651. The van der Waals surface area contributed by atoms with Gasteiger partial charge >= 0.3 is 24.8 Å². The van der Waals surface area contributed by atoms with E-state index in [2.05, 4.69) is 20.4 Å². The van der Waals surface area contributed by atoms with Crippen molar-refractivity contribution < 1.29 is 34.6 Å². The van der Waals surface area contributed by atoms with E-state index in [0.717, 1.165) is 11.1 Å². The van der Waals surface area contributed by atoms with Gasteiger partial charge in [0.1, 0.15) is 6.42 Å². The normalized spacial score (nSPS) is 10.1. The monoisotopic (exact) mass is 324 g/mol. The van der Waals surface area contributed by atoms with E-state index >= 15 is 0 Å². The van der Waals surface area contributed by atoms with E-state index in [4.69, 9.17) is 21.1 Å². The van der Waals surface area contributed by atoms with Crippen LogP contribution in [0.3, 0.4) is 0 Å². The third kappa shape index (κ3) is 4.17. The summed E-state index contributed by atoms with van der Waals surface area (Å²) in [7, 11) is 0. The summed E-state index contributed by atoms with van der Waals surface area (Å²) in [5.74, 6) is -0.790. The van der Waals surface area contributed by atoms with Gasteiger partial charge in [-0.1, -0.05) is 11.6 Å². The van der Waals surface area contributed by atoms with Crippen LogP contribution in [-0.2, 0) is 11.2 Å². The molecule has 0 aliphatic carbocycles. The average molecular weight is 325 g/mol. The Morgan fingerprint density at radius 3 is 2.65 bits per heavy atom. The molecule has 0 fully saturated rings. The van der Waals surface area contributed by atoms with Crippen molar-refractivity contribution in [3.05, 3.63) is 47.6 Å². The molecule has 0 saturated carbocycles. The zero-order chi connectivity index (χ0) is 15.5. The van der Waals surface area contributed by atoms with Crippen molar-refractivity contribution >= 4 is 17.6 Å². The third-order valence-electron chi connectivity index (χ3n) is 2.83. The van der Waals surface area contributed by atoms with Crippen molar-refractivity contribution in [2.24, 2.45) is 0 Å². The van der Waals surface area contributed by atoms with Crippen LogP contribution in [0.25, 0.3) is 22.6 Å². The maximum Gasteiger partial charge on any atom is 1.00 e. The molecule has 112 valence electrons. The second kappa shape index (κ2) is 7.38. The maximum absolute atomic E-state index is 10.6. The minimum Gasteiger partial charge on any atom is -1.00 e. The molecule has 1 aromatic carbocycles. The van der Waals surface area contributed by atoms with Crippen LogP contribution in [0.2, 0.25) is 5.02 Å². The first kappa shape index (κ1) is 17.2. The zero-order valence-electron chi connectivity index (χ0n) is 13.1. The SMILES string of the molecule is O=C(O)Cc1nnc(-c2cc(Cl)cc(-c3ccnnc3)c2)o1.[H-].[Li+]. The number of halogens is 1. The van der Waals surface area contributed by atoms with E-state index in [1.807, 2.05) is 0 Å². The molecule has 0 spiro atoms. The molecular formula is C14H10ClLiN4O3. The molecule has 0 aliphatic heterocycles. The van der Waals surface area contributed by atoms with Crippen molar-refractivity contribution in [3.63, 3.8) is 0 Å². The fourth-order valence-electron chi connectivity index (χ4n) is 1.91. The Hall–Kier alpha value is -2.20. The van der Waals surface area contributed by atoms with Gasteiger partial charge in [0, 0.05) is 16.1 Å². The first-order valence-corrected chi connectivity index (χ1v) is 6.62. The van der Waals surface area contributed by atoms with Crippen LogP contribution >= 0.6 is 11.6 Å². The van der Waals surface area contributed by atoms with Crippen LogP contribution < -0.4 is 18.9 Å². The first-order chi connectivity index (χ1) is 10.6. The number of nitrogens with zero attached hydrogens (tertiary/aromatic N) is 4. The Morgan fingerprint density at radius 1 is 1.17 bits per heavy atom. The van der Waals surface area contributed by atoms with Crippen LogP contribution in [-0.4, -0.2) is 31.5 Å². The Balaban J connectivity index is 0.00000144. The van der Waals surface area contributed by atoms with E-state index < -0.39 is 5.97 Å². The summed E-state index contributed by atoms with van der Waals surface area (Å²) in [6, 6.07) is 7.04. The van der Waals surface area contributed by atoms with E-state index in [-0.39, 0.29) is 38.5 Å². The molecule has 0 aliphatic rings. The zero-order valence-corrected chi connectivity index (χ0v) is 12.9. The van der Waals surface area contributed by atoms with E-state index in [0.29, 0.717) is 10.6 Å². The maximum atomic E-state index is 10.6. The number of aliphatic carboxylic acids is 1. The second-order valence-electron chi connectivity index (χ2n) is 4.43. The molecule has 1 N–H and O–H groups in total. The standard InChI is InChI=1S/C14H9ClN4O3.Li.H/c15-11-4-9(8-1-2-16-17-7-8)3-10(5-11)14-19-18-12(22-14)6-13(20)21;;/h1-5,7H,6H2,(H,20,21);;/q;+1;-1. The molecule has 2 aromatic heterocycles. The molecule has 2 heterocycles. The molecule has 0 saturated heterocycles. The van der Waals surface area contributed by atoms with Gasteiger partial charge in [-0.2, -0.15) is 10.2 Å². The molecule has 0 unspecified atom stereocenters. The number of benzene rings is 1. The van der Waals surface area contributed by atoms with Gasteiger partial charge in [-0.15, -0.1) is 10.2 Å². The Bertz CT molecular complexity index is 832. The average Bonchev–Trinajstić information content (AvgIpc) is 2.95. The minimum atomic E-state index is -1.04. The van der Waals surface area contributed by atoms with Gasteiger partial charge in [-0.25, -0.2) is 0 Å². The van der Waals surface area contributed by atoms with Crippen molar-refractivity contribution in [1.29, 1.82) is 0 Å². The summed E-state index contributed by atoms with van der Waals surface area (Å²) in [5.41, 5.74) is 2.25. The fourth-order valence-corrected chi connectivity index (χ4v) is 2.15. The number of aromatic nitrogens is 4. The first-order valence-electron chi connectivity index (χ1n) is 6.24. The Morgan fingerprint density at radius 2 is 1.96 bits per heavy atom. The third-order valence-corrected chi connectivity index (χ3v) is 3.05. The Labute approximate surface area is 149 Å². The molecule has 9 heteroatoms. The van der Waals surface area contributed by atoms with Gasteiger partial charge in [0.15, 0.2) is 0 Å². The molecular weight excluding hydrogens is 315 g/mol. The van der Waals surface area contributed by atoms with Crippen LogP contribution in [0, 0.1) is 0 Å². The number of carboxylic acids is 1. The van der Waals surface area contributed by atoms with Gasteiger partial charge in [0.05, 0.1) is 12.4 Å². The molecule has 0 radical (unpaired) electrons. The van der Waals surface area contributed by atoms with Gasteiger partial charge in [0.2, 0.25) is 11.8 Å². The molecule has 3 rings (SSSR count). The summed E-state index contributed by atoms with van der Waals surface area (Å²) in [5, 5.41) is 24.3. The summed E-state index contributed by atoms with van der Waals surface area (Å²) in [4.78, 5) is 10.6. The molecule has 0 atom stereocenters. The van der Waals surface area contributed by atoms with E-state index in [9.17, 15) is 4.79 Å². The summed E-state index contributed by atoms with van der Waals surface area (Å²) >= 11 is 6.12. The molecule has 0 bridgehead atoms. The molecule has 7 nitrogen and oxygen atoms in total. The number of rotatable bonds is 4. The van der Waals surface area contributed by atoms with Gasteiger partial charge in [-0.3, -0.25) is 4.79 Å². The largest absolute Gasteiger partial charge is 1.00 e. The molecule has 3 aromatic rings. The number of hydrogen-bond acceptors (Lipinski definition) is 6. The number of hydrogen-bond donors (Lipinski definition) is 1. The second-order valence-corrected chi connectivity index (χ2v) is 4.87. The smallest absolute Gasteiger partial charge is 1.00 e. The van der Waals surface area contributed by atoms with Gasteiger partial charge in [0.25, 0.3) is 0 Å². The Kier molecular flexibility index (Phi) is 5.50. The predicted octanol–water partition coefficient (Wildman–Crippen LogP) is -0.409. The number of carbonyl (C=O) groups is 1. The van der Waals surface area contributed by atoms with Crippen LogP contribution in [0.4, 0.5) is 0 Å². The van der Waals surface area contributed by atoms with Gasteiger partial charge in [-0.05, 0) is 29.8 Å².